The van der Waals surface area contributed by atoms with Crippen LogP contribution in [0.1, 0.15) is 32.6 Å². The van der Waals surface area contributed by atoms with Crippen LogP contribution < -0.4 is 5.32 Å². The highest BCUT2D eigenvalue weighted by molar-refractivity contribution is 5.84. The Morgan fingerprint density at radius 3 is 2.94 bits per heavy atom. The van der Waals surface area contributed by atoms with Gasteiger partial charge in [0.15, 0.2) is 0 Å². The first-order valence-electron chi connectivity index (χ1n) is 6.42. The third kappa shape index (κ3) is 2.09. The Morgan fingerprint density at radius 1 is 1.44 bits per heavy atom. The minimum absolute atomic E-state index is 0.0185. The van der Waals surface area contributed by atoms with Crippen LogP contribution in [0.4, 0.5) is 0 Å². The summed E-state index contributed by atoms with van der Waals surface area (Å²) >= 11 is 0. The largest absolute Gasteiger partial charge is 0.396 e. The second kappa shape index (κ2) is 5.15. The topological polar surface area (TPSA) is 52.6 Å². The third-order valence-electron chi connectivity index (χ3n) is 3.94. The fourth-order valence-corrected chi connectivity index (χ4v) is 3.11. The van der Waals surface area contributed by atoms with Gasteiger partial charge in [0.05, 0.1) is 6.04 Å². The molecule has 1 aliphatic heterocycles. The van der Waals surface area contributed by atoms with E-state index in [1.807, 2.05) is 11.8 Å². The normalized spacial score (nSPS) is 35.0. The molecule has 0 bridgehead atoms. The Morgan fingerprint density at radius 2 is 2.25 bits per heavy atom. The molecule has 0 radical (unpaired) electrons. The Hall–Kier alpha value is -0.610. The molecule has 1 saturated carbocycles. The van der Waals surface area contributed by atoms with Crippen LogP contribution in [0.3, 0.4) is 0 Å². The average molecular weight is 226 g/mol. The Bertz CT molecular complexity index is 257. The Balaban J connectivity index is 1.98. The molecule has 0 aromatic carbocycles. The first kappa shape index (κ1) is 11.9. The highest BCUT2D eigenvalue weighted by Crippen LogP contribution is 2.32. The summed E-state index contributed by atoms with van der Waals surface area (Å²) in [6.07, 6.45) is 4.19. The van der Waals surface area contributed by atoms with Crippen LogP contribution >= 0.6 is 0 Å². The lowest BCUT2D eigenvalue weighted by atomic mass is 10.0. The van der Waals surface area contributed by atoms with E-state index in [4.69, 9.17) is 0 Å². The number of hydrogen-bond acceptors (Lipinski definition) is 3. The highest BCUT2D eigenvalue weighted by atomic mass is 16.3. The molecule has 2 aliphatic rings. The summed E-state index contributed by atoms with van der Waals surface area (Å²) in [4.78, 5) is 14.1. The van der Waals surface area contributed by atoms with Crippen molar-refractivity contribution in [2.24, 2.45) is 5.92 Å². The lowest BCUT2D eigenvalue weighted by Crippen LogP contribution is -2.44. The van der Waals surface area contributed by atoms with Gasteiger partial charge in [-0.15, -0.1) is 0 Å². The van der Waals surface area contributed by atoms with E-state index in [0.29, 0.717) is 12.0 Å². The minimum Gasteiger partial charge on any atom is -0.396 e. The molecule has 3 atom stereocenters. The maximum absolute atomic E-state index is 12.1. The van der Waals surface area contributed by atoms with E-state index >= 15 is 0 Å². The maximum Gasteiger partial charge on any atom is 0.240 e. The number of nitrogens with zero attached hydrogens (tertiary/aromatic N) is 1. The number of aliphatic hydroxyl groups excluding tert-OH is 1. The van der Waals surface area contributed by atoms with Gasteiger partial charge >= 0.3 is 0 Å². The average Bonchev–Trinajstić information content (AvgIpc) is 2.87. The number of carbonyl (C=O) groups excluding carboxylic acids is 1. The van der Waals surface area contributed by atoms with E-state index in [9.17, 15) is 9.90 Å². The minimum atomic E-state index is 0.0185. The van der Waals surface area contributed by atoms with E-state index in [0.717, 1.165) is 38.8 Å². The SMILES string of the molecule is CCNC1CCN(C2CCCC2CO)C1=O. The van der Waals surface area contributed by atoms with Crippen molar-refractivity contribution in [3.8, 4) is 0 Å². The van der Waals surface area contributed by atoms with Crippen molar-refractivity contribution in [1.29, 1.82) is 0 Å². The van der Waals surface area contributed by atoms with Crippen molar-refractivity contribution >= 4 is 5.91 Å². The summed E-state index contributed by atoms with van der Waals surface area (Å²) in [7, 11) is 0. The fourth-order valence-electron chi connectivity index (χ4n) is 3.11. The summed E-state index contributed by atoms with van der Waals surface area (Å²) in [5, 5.41) is 12.5. The molecular weight excluding hydrogens is 204 g/mol. The van der Waals surface area contributed by atoms with Gasteiger partial charge in [-0.3, -0.25) is 4.79 Å². The number of nitrogens with one attached hydrogen (secondary N) is 1. The van der Waals surface area contributed by atoms with Crippen molar-refractivity contribution < 1.29 is 9.90 Å². The summed E-state index contributed by atoms with van der Waals surface area (Å²) in [6, 6.07) is 0.311. The van der Waals surface area contributed by atoms with Crippen molar-refractivity contribution in [2.75, 3.05) is 19.7 Å². The number of hydrogen-bond donors (Lipinski definition) is 2. The molecule has 2 rings (SSSR count). The number of amides is 1. The molecule has 92 valence electrons. The van der Waals surface area contributed by atoms with Crippen LogP contribution in [-0.2, 0) is 4.79 Å². The lowest BCUT2D eigenvalue weighted by Gasteiger charge is -2.28. The van der Waals surface area contributed by atoms with Crippen LogP contribution in [0, 0.1) is 5.92 Å². The molecule has 16 heavy (non-hydrogen) atoms. The molecule has 0 aromatic rings. The van der Waals surface area contributed by atoms with E-state index in [2.05, 4.69) is 5.32 Å². The second-order valence-electron chi connectivity index (χ2n) is 4.87. The van der Waals surface area contributed by atoms with Gasteiger partial charge in [0.25, 0.3) is 0 Å². The maximum atomic E-state index is 12.1. The smallest absolute Gasteiger partial charge is 0.240 e. The van der Waals surface area contributed by atoms with Gasteiger partial charge in [0, 0.05) is 25.1 Å². The zero-order valence-corrected chi connectivity index (χ0v) is 9.98. The van der Waals surface area contributed by atoms with Crippen LogP contribution in [0.2, 0.25) is 0 Å². The highest BCUT2D eigenvalue weighted by Gasteiger charge is 2.40. The molecule has 2 fully saturated rings. The quantitative estimate of drug-likeness (QED) is 0.727. The standard InChI is InChI=1S/C12H22N2O2/c1-2-13-10-6-7-14(12(10)16)11-5-3-4-9(11)8-15/h9-11,13,15H,2-8H2,1H3. The molecule has 3 unspecified atom stereocenters. The Labute approximate surface area is 97.0 Å². The van der Waals surface area contributed by atoms with Crippen molar-refractivity contribution in [3.05, 3.63) is 0 Å². The van der Waals surface area contributed by atoms with Gasteiger partial charge in [-0.1, -0.05) is 13.3 Å². The van der Waals surface area contributed by atoms with Crippen LogP contribution in [0.25, 0.3) is 0 Å². The monoisotopic (exact) mass is 226 g/mol. The van der Waals surface area contributed by atoms with Gasteiger partial charge in [-0.25, -0.2) is 0 Å². The van der Waals surface area contributed by atoms with Crippen LogP contribution in [-0.4, -0.2) is 47.7 Å². The van der Waals surface area contributed by atoms with Gasteiger partial charge in [0.2, 0.25) is 5.91 Å². The fraction of sp³-hybridized carbons (Fsp3) is 0.917. The van der Waals surface area contributed by atoms with Gasteiger partial charge in [-0.05, 0) is 25.8 Å². The van der Waals surface area contributed by atoms with Crippen LogP contribution in [0.5, 0.6) is 0 Å². The predicted octanol–water partition coefficient (Wildman–Crippen LogP) is 0.358. The van der Waals surface area contributed by atoms with E-state index < -0.39 is 0 Å². The van der Waals surface area contributed by atoms with E-state index in [-0.39, 0.29) is 18.6 Å². The molecule has 4 nitrogen and oxygen atoms in total. The molecule has 4 heteroatoms. The molecule has 2 N–H and O–H groups in total. The first-order chi connectivity index (χ1) is 7.77. The van der Waals surface area contributed by atoms with Gasteiger partial charge < -0.3 is 15.3 Å². The summed E-state index contributed by atoms with van der Waals surface area (Å²) < 4.78 is 0. The van der Waals surface area contributed by atoms with Crippen LogP contribution in [0.15, 0.2) is 0 Å². The summed E-state index contributed by atoms with van der Waals surface area (Å²) in [5.41, 5.74) is 0. The first-order valence-corrected chi connectivity index (χ1v) is 6.42. The van der Waals surface area contributed by atoms with Crippen molar-refractivity contribution in [3.63, 3.8) is 0 Å². The number of aliphatic hydroxyl groups is 1. The van der Waals surface area contributed by atoms with Crippen molar-refractivity contribution in [1.82, 2.24) is 10.2 Å². The summed E-state index contributed by atoms with van der Waals surface area (Å²) in [5.74, 6) is 0.552. The molecule has 1 saturated heterocycles. The third-order valence-corrected chi connectivity index (χ3v) is 3.94. The Kier molecular flexibility index (Phi) is 3.82. The molecule has 0 aromatic heterocycles. The molecule has 1 amide bonds. The number of carbonyl (C=O) groups is 1. The van der Waals surface area contributed by atoms with E-state index in [1.165, 1.54) is 0 Å². The predicted molar refractivity (Wildman–Crippen MR) is 62.0 cm³/mol. The zero-order chi connectivity index (χ0) is 11.5. The number of likely N-dealkylation sites (N-methyl/N-ethyl adjacent to an activating group) is 1. The van der Waals surface area contributed by atoms with E-state index in [1.54, 1.807) is 0 Å². The molecule has 0 spiro atoms. The zero-order valence-electron chi connectivity index (χ0n) is 9.98. The molecular formula is C12H22N2O2. The van der Waals surface area contributed by atoms with Gasteiger partial charge in [-0.2, -0.15) is 0 Å². The number of rotatable bonds is 4. The summed E-state index contributed by atoms with van der Waals surface area (Å²) in [6.45, 7) is 3.96. The number of likely N-dealkylation sites (tertiary alicyclic amines) is 1. The van der Waals surface area contributed by atoms with Crippen molar-refractivity contribution in [2.45, 2.75) is 44.7 Å². The van der Waals surface area contributed by atoms with Gasteiger partial charge in [0.1, 0.15) is 0 Å². The molecule has 1 heterocycles. The molecule has 1 aliphatic carbocycles. The lowest BCUT2D eigenvalue weighted by molar-refractivity contribution is -0.132. The second-order valence-corrected chi connectivity index (χ2v) is 4.87.